The number of carbonyl (C=O) groups is 3. The van der Waals surface area contributed by atoms with E-state index in [1.165, 1.54) is 29.5 Å². The number of aromatic nitrogens is 2. The summed E-state index contributed by atoms with van der Waals surface area (Å²) in [4.78, 5) is 56.9. The average molecular weight is 922 g/mol. The molecule has 1 unspecified atom stereocenters. The molecule has 1 saturated carbocycles. The van der Waals surface area contributed by atoms with Crippen LogP contribution in [0.4, 0.5) is 11.8 Å². The van der Waals surface area contributed by atoms with Crippen LogP contribution < -0.4 is 20.9 Å². The zero-order valence-corrected chi connectivity index (χ0v) is 39.2. The number of likely N-dealkylation sites (tertiary alicyclic amines) is 2. The lowest BCUT2D eigenvalue weighted by atomic mass is 9.71. The summed E-state index contributed by atoms with van der Waals surface area (Å²) in [6, 6.07) is 14.4. The predicted octanol–water partition coefficient (Wildman–Crippen LogP) is 4.10. The van der Waals surface area contributed by atoms with Crippen LogP contribution in [-0.2, 0) is 51.6 Å². The molecular formula is C50H67N9O6S. The highest BCUT2D eigenvalue weighted by Crippen LogP contribution is 2.44. The second-order valence-electron chi connectivity index (χ2n) is 20.2. The second-order valence-corrected chi connectivity index (χ2v) is 21.7. The molecule has 1 aromatic heterocycles. The molecule has 4 N–H and O–H groups in total. The third-order valence-corrected chi connectivity index (χ3v) is 17.5. The molecule has 15 nitrogen and oxygen atoms in total. The Hall–Kier alpha value is -4.16. The summed E-state index contributed by atoms with van der Waals surface area (Å²) < 4.78 is 19.0. The zero-order valence-electron chi connectivity index (χ0n) is 38.4. The van der Waals surface area contributed by atoms with Gasteiger partial charge in [0.15, 0.2) is 5.82 Å². The number of benzene rings is 2. The van der Waals surface area contributed by atoms with Crippen molar-refractivity contribution >= 4 is 40.7 Å². The fraction of sp³-hybridized carbons (Fsp3) is 0.620. The van der Waals surface area contributed by atoms with Crippen LogP contribution in [0, 0.1) is 5.41 Å². The quantitative estimate of drug-likeness (QED) is 0.0919. The lowest BCUT2D eigenvalue weighted by Gasteiger charge is -2.47. The van der Waals surface area contributed by atoms with Crippen LogP contribution in [-0.4, -0.2) is 141 Å². The first-order chi connectivity index (χ1) is 32.2. The lowest BCUT2D eigenvalue weighted by molar-refractivity contribution is -0.136. The van der Waals surface area contributed by atoms with Crippen molar-refractivity contribution in [2.75, 3.05) is 88.1 Å². The molecular weight excluding hydrogens is 855 g/mol. The van der Waals surface area contributed by atoms with Crippen LogP contribution in [0.5, 0.6) is 0 Å². The highest BCUT2D eigenvalue weighted by Gasteiger charge is 2.43. The van der Waals surface area contributed by atoms with Crippen molar-refractivity contribution in [2.24, 2.45) is 5.41 Å². The largest absolute Gasteiger partial charge is 0.611 e. The first-order valence-electron chi connectivity index (χ1n) is 24.7. The van der Waals surface area contributed by atoms with Crippen LogP contribution >= 0.6 is 0 Å². The summed E-state index contributed by atoms with van der Waals surface area (Å²) in [7, 11) is 0. The van der Waals surface area contributed by atoms with Gasteiger partial charge in [-0.1, -0.05) is 36.4 Å². The van der Waals surface area contributed by atoms with Gasteiger partial charge in [0, 0.05) is 64.2 Å². The number of carbonyl (C=O) groups excluding carboxylic acids is 3. The molecule has 0 radical (unpaired) electrons. The van der Waals surface area contributed by atoms with Gasteiger partial charge in [-0.3, -0.25) is 19.7 Å². The Morgan fingerprint density at radius 2 is 1.61 bits per heavy atom. The Morgan fingerprint density at radius 3 is 2.33 bits per heavy atom. The summed E-state index contributed by atoms with van der Waals surface area (Å²) in [5.74, 6) is 1.73. The topological polar surface area (TPSA) is 179 Å². The molecule has 2 aromatic carbocycles. The number of rotatable bonds is 16. The molecule has 4 saturated heterocycles. The summed E-state index contributed by atoms with van der Waals surface area (Å²) in [6.07, 6.45) is 11.1. The minimum absolute atomic E-state index is 0.0623. The molecule has 0 bridgehead atoms. The number of aryl methyl sites for hydroxylation is 1. The number of amides is 3. The van der Waals surface area contributed by atoms with Crippen LogP contribution in [0.3, 0.4) is 0 Å². The van der Waals surface area contributed by atoms with Crippen molar-refractivity contribution in [2.45, 2.75) is 119 Å². The van der Waals surface area contributed by atoms with Gasteiger partial charge in [-0.2, -0.15) is 4.98 Å². The number of fused-ring (bicyclic) bond motifs is 2. The molecule has 2 atom stereocenters. The lowest BCUT2D eigenvalue weighted by Crippen LogP contribution is -2.52. The number of nitrogens with zero attached hydrogens (tertiary/aromatic N) is 6. The molecule has 7 aliphatic rings. The highest BCUT2D eigenvalue weighted by molar-refractivity contribution is 7.91. The van der Waals surface area contributed by atoms with Gasteiger partial charge in [-0.25, -0.2) is 4.98 Å². The molecule has 5 fully saturated rings. The Kier molecular flexibility index (Phi) is 13.7. The molecule has 16 heteroatoms. The number of ether oxygens (including phenoxy) is 1. The smallest absolute Gasteiger partial charge is 0.255 e. The van der Waals surface area contributed by atoms with E-state index in [-0.39, 0.29) is 36.3 Å². The predicted molar refractivity (Wildman–Crippen MR) is 253 cm³/mol. The van der Waals surface area contributed by atoms with E-state index in [2.05, 4.69) is 67.0 Å². The molecule has 1 spiro atoms. The van der Waals surface area contributed by atoms with E-state index in [9.17, 15) is 24.0 Å². The maximum atomic E-state index is 13.1. The van der Waals surface area contributed by atoms with E-state index in [0.29, 0.717) is 48.0 Å². The van der Waals surface area contributed by atoms with Crippen molar-refractivity contribution in [3.63, 3.8) is 0 Å². The van der Waals surface area contributed by atoms with Crippen LogP contribution in [0.2, 0.25) is 0 Å². The minimum atomic E-state index is -1.09. The molecule has 3 amide bonds. The third-order valence-electron chi connectivity index (χ3n) is 16.1. The minimum Gasteiger partial charge on any atom is -0.611 e. The number of hydrogen-bond donors (Lipinski definition) is 4. The SMILES string of the molecule is O=C1CCC(N2Cc3cc(C4CCN(CCNCc5ccc(COCCN6CCC7(CC6)CCN(c6nc8c(c(NC9(CO)CCC9)n6)[S@+]([O-])CC8)CC7)cc5)CC4)ccc3C2=O)C(=O)N1. The van der Waals surface area contributed by atoms with Crippen LogP contribution in [0.1, 0.15) is 115 Å². The normalized spacial score (nSPS) is 24.4. The first kappa shape index (κ1) is 45.6. The van der Waals surface area contributed by atoms with Gasteiger partial charge in [0.25, 0.3) is 5.91 Å². The summed E-state index contributed by atoms with van der Waals surface area (Å²) in [5.41, 5.74) is 6.35. The number of hydrogen-bond acceptors (Lipinski definition) is 13. The van der Waals surface area contributed by atoms with Gasteiger partial charge >= 0.3 is 0 Å². The second kappa shape index (κ2) is 19.8. The van der Waals surface area contributed by atoms with E-state index >= 15 is 0 Å². The van der Waals surface area contributed by atoms with Crippen molar-refractivity contribution in [3.05, 3.63) is 76.0 Å². The van der Waals surface area contributed by atoms with Gasteiger partial charge in [-0.05, 0) is 141 Å². The standard InChI is InChI=1S/C50H67N9O6S/c60-34-50(13-1-14-50)55-45-44-41(12-29-66(44)64)52-48(54-45)58-24-17-49(18-25-58)15-22-57(23-16-49)27-28-65-33-36-4-2-35(3-5-36)31-51-19-26-56-20-10-37(11-21-56)38-6-7-40-39(30-38)32-59(47(40)63)42-8-9-43(61)53-46(42)62/h2-7,30,37,42,51,60H,1,8-29,31-34H2,(H,52,54,55)(H,53,61,62)/t42?,66-/m1/s1. The Bertz CT molecular complexity index is 2230. The molecule has 7 heterocycles. The fourth-order valence-electron chi connectivity index (χ4n) is 11.5. The number of anilines is 2. The number of aliphatic hydroxyl groups is 1. The van der Waals surface area contributed by atoms with E-state index < -0.39 is 17.2 Å². The molecule has 66 heavy (non-hydrogen) atoms. The molecule has 354 valence electrons. The van der Waals surface area contributed by atoms with Crippen molar-refractivity contribution in [3.8, 4) is 0 Å². The monoisotopic (exact) mass is 921 g/mol. The van der Waals surface area contributed by atoms with Crippen LogP contribution in [0.25, 0.3) is 0 Å². The van der Waals surface area contributed by atoms with Gasteiger partial charge in [0.05, 0.1) is 25.4 Å². The fourth-order valence-corrected chi connectivity index (χ4v) is 12.8. The number of imide groups is 1. The third kappa shape index (κ3) is 9.88. The Morgan fingerprint density at radius 1 is 0.864 bits per heavy atom. The van der Waals surface area contributed by atoms with Crippen molar-refractivity contribution in [1.82, 2.24) is 35.3 Å². The summed E-state index contributed by atoms with van der Waals surface area (Å²) in [6.45, 7) is 11.8. The van der Waals surface area contributed by atoms with Gasteiger partial charge in [0.2, 0.25) is 22.7 Å². The Labute approximate surface area is 392 Å². The van der Waals surface area contributed by atoms with E-state index in [4.69, 9.17) is 14.7 Å². The molecule has 6 aliphatic heterocycles. The van der Waals surface area contributed by atoms with Crippen molar-refractivity contribution < 1.29 is 28.8 Å². The Balaban J connectivity index is 0.590. The number of nitrogens with one attached hydrogen (secondary N) is 3. The van der Waals surface area contributed by atoms with E-state index in [1.54, 1.807) is 4.90 Å². The molecule has 3 aromatic rings. The maximum absolute atomic E-state index is 13.1. The molecule has 10 rings (SSSR count). The summed E-state index contributed by atoms with van der Waals surface area (Å²) in [5, 5.41) is 19.7. The van der Waals surface area contributed by atoms with E-state index in [0.717, 1.165) is 146 Å². The van der Waals surface area contributed by atoms with Crippen molar-refractivity contribution in [1.29, 1.82) is 0 Å². The van der Waals surface area contributed by atoms with E-state index in [1.807, 2.05) is 6.07 Å². The molecule has 1 aliphatic carbocycles. The van der Waals surface area contributed by atoms with Crippen LogP contribution in [0.15, 0.2) is 47.4 Å². The summed E-state index contributed by atoms with van der Waals surface area (Å²) >= 11 is -1.09. The number of piperidine rings is 4. The highest BCUT2D eigenvalue weighted by atomic mass is 32.2. The number of aliphatic hydroxyl groups excluding tert-OH is 1. The van der Waals surface area contributed by atoms with Gasteiger partial charge in [0.1, 0.15) is 17.5 Å². The van der Waals surface area contributed by atoms with Gasteiger partial charge < -0.3 is 44.6 Å². The first-order valence-corrected chi connectivity index (χ1v) is 26.0. The van der Waals surface area contributed by atoms with Gasteiger partial charge in [-0.15, -0.1) is 0 Å². The zero-order chi connectivity index (χ0) is 45.3. The maximum Gasteiger partial charge on any atom is 0.255 e. The average Bonchev–Trinajstić information content (AvgIpc) is 3.87.